The third-order valence-electron chi connectivity index (χ3n) is 1.54. The van der Waals surface area contributed by atoms with Crippen molar-refractivity contribution in [1.29, 1.82) is 0 Å². The van der Waals surface area contributed by atoms with Crippen LogP contribution in [0.25, 0.3) is 0 Å². The van der Waals surface area contributed by atoms with Gasteiger partial charge in [0.1, 0.15) is 0 Å². The molecule has 1 aliphatic rings. The fraction of sp³-hybridized carbons (Fsp3) is 0. The molecule has 0 bridgehead atoms. The highest BCUT2D eigenvalue weighted by Gasteiger charge is 2.14. The molecular weight excluding hydrogens is 206 g/mol. The van der Waals surface area contributed by atoms with Gasteiger partial charge in [-0.2, -0.15) is 0 Å². The number of fused-ring (bicyclic) bond motifs is 1. The summed E-state index contributed by atoms with van der Waals surface area (Å²) in [5.41, 5.74) is 1.44. The van der Waals surface area contributed by atoms with Crippen molar-refractivity contribution in [2.75, 3.05) is 0 Å². The van der Waals surface area contributed by atoms with Crippen LogP contribution in [0.4, 0.5) is 5.69 Å². The van der Waals surface area contributed by atoms with Crippen molar-refractivity contribution in [2.24, 2.45) is 4.99 Å². The standard InChI is InChI=1S/C8H4BrNO/c9-5-1-2-7-6(3-5)8(11)4-10-7/h1-4H. The average Bonchev–Trinajstić information content (AvgIpc) is 2.33. The van der Waals surface area contributed by atoms with Gasteiger partial charge >= 0.3 is 0 Å². The lowest BCUT2D eigenvalue weighted by Gasteiger charge is -1.94. The molecule has 0 atom stereocenters. The third kappa shape index (κ3) is 1.01. The van der Waals surface area contributed by atoms with Gasteiger partial charge in [-0.3, -0.25) is 9.79 Å². The van der Waals surface area contributed by atoms with Gasteiger partial charge in [0.25, 0.3) is 0 Å². The Kier molecular flexibility index (Phi) is 1.39. The van der Waals surface area contributed by atoms with E-state index in [1.807, 2.05) is 12.1 Å². The molecule has 2 nitrogen and oxygen atoms in total. The Morgan fingerprint density at radius 2 is 2.18 bits per heavy atom. The van der Waals surface area contributed by atoms with Gasteiger partial charge < -0.3 is 0 Å². The normalized spacial score (nSPS) is 13.7. The molecule has 54 valence electrons. The molecule has 1 aromatic carbocycles. The molecule has 0 fully saturated rings. The summed E-state index contributed by atoms with van der Waals surface area (Å²) in [6.07, 6.45) is 1.34. The Hall–Kier alpha value is -0.960. The van der Waals surface area contributed by atoms with Crippen LogP contribution in [0.2, 0.25) is 0 Å². The van der Waals surface area contributed by atoms with E-state index in [-0.39, 0.29) is 5.78 Å². The maximum Gasteiger partial charge on any atom is 0.206 e. The van der Waals surface area contributed by atoms with E-state index >= 15 is 0 Å². The zero-order valence-electron chi connectivity index (χ0n) is 5.54. The Balaban J connectivity index is 2.67. The summed E-state index contributed by atoms with van der Waals surface area (Å²) >= 11 is 3.28. The number of aliphatic imine (C=N–C) groups is 1. The van der Waals surface area contributed by atoms with Crippen molar-refractivity contribution in [2.45, 2.75) is 0 Å². The zero-order valence-corrected chi connectivity index (χ0v) is 7.13. The number of hydrogen-bond acceptors (Lipinski definition) is 2. The van der Waals surface area contributed by atoms with Crippen molar-refractivity contribution < 1.29 is 4.79 Å². The first-order chi connectivity index (χ1) is 5.27. The number of rotatable bonds is 0. The van der Waals surface area contributed by atoms with Crippen LogP contribution in [0.3, 0.4) is 0 Å². The number of carbonyl (C=O) groups is 1. The molecule has 0 amide bonds. The molecule has 3 heteroatoms. The lowest BCUT2D eigenvalue weighted by atomic mass is 10.1. The number of benzene rings is 1. The van der Waals surface area contributed by atoms with Crippen molar-refractivity contribution in [3.05, 3.63) is 28.2 Å². The Labute approximate surface area is 72.1 Å². The Bertz CT molecular complexity index is 357. The molecule has 2 rings (SSSR count). The first-order valence-electron chi connectivity index (χ1n) is 3.15. The predicted octanol–water partition coefficient (Wildman–Crippen LogP) is 2.35. The van der Waals surface area contributed by atoms with Gasteiger partial charge in [-0.1, -0.05) is 15.9 Å². The highest BCUT2D eigenvalue weighted by Crippen LogP contribution is 2.26. The van der Waals surface area contributed by atoms with Gasteiger partial charge in [-0.25, -0.2) is 0 Å². The molecule has 0 spiro atoms. The maximum atomic E-state index is 11.0. The minimum Gasteiger partial charge on any atom is -0.287 e. The first kappa shape index (κ1) is 6.73. The Morgan fingerprint density at radius 1 is 1.36 bits per heavy atom. The minimum absolute atomic E-state index is 0.0127. The minimum atomic E-state index is -0.0127. The first-order valence-corrected chi connectivity index (χ1v) is 3.94. The number of ketones is 1. The van der Waals surface area contributed by atoms with Gasteiger partial charge in [0, 0.05) is 4.47 Å². The number of carbonyl (C=O) groups excluding carboxylic acids is 1. The molecule has 0 radical (unpaired) electrons. The number of nitrogens with zero attached hydrogens (tertiary/aromatic N) is 1. The molecular formula is C8H4BrNO. The van der Waals surface area contributed by atoms with Crippen molar-refractivity contribution >= 4 is 33.6 Å². The number of hydrogen-bond donors (Lipinski definition) is 0. The van der Waals surface area contributed by atoms with Gasteiger partial charge in [-0.05, 0) is 18.2 Å². The van der Waals surface area contributed by atoms with E-state index in [4.69, 9.17) is 0 Å². The van der Waals surface area contributed by atoms with Gasteiger partial charge in [-0.15, -0.1) is 0 Å². The Morgan fingerprint density at radius 3 is 3.00 bits per heavy atom. The van der Waals surface area contributed by atoms with E-state index in [2.05, 4.69) is 20.9 Å². The SMILES string of the molecule is O=C1C=Nc2ccc(Br)cc21. The molecule has 0 aromatic heterocycles. The van der Waals surface area contributed by atoms with Crippen LogP contribution in [0, 0.1) is 0 Å². The average molecular weight is 210 g/mol. The van der Waals surface area contributed by atoms with Crippen molar-refractivity contribution in [1.82, 2.24) is 0 Å². The largest absolute Gasteiger partial charge is 0.287 e. The molecule has 1 aromatic rings. The van der Waals surface area contributed by atoms with E-state index in [1.54, 1.807) is 6.07 Å². The van der Waals surface area contributed by atoms with Gasteiger partial charge in [0.05, 0.1) is 17.5 Å². The van der Waals surface area contributed by atoms with E-state index in [0.717, 1.165) is 10.2 Å². The molecule has 1 heterocycles. The third-order valence-corrected chi connectivity index (χ3v) is 2.04. The molecule has 0 aliphatic carbocycles. The van der Waals surface area contributed by atoms with Crippen LogP contribution in [-0.2, 0) is 0 Å². The van der Waals surface area contributed by atoms with Crippen LogP contribution >= 0.6 is 15.9 Å². The molecule has 0 saturated carbocycles. The highest BCUT2D eigenvalue weighted by molar-refractivity contribution is 9.10. The van der Waals surface area contributed by atoms with Gasteiger partial charge in [0.2, 0.25) is 5.78 Å². The van der Waals surface area contributed by atoms with Crippen LogP contribution in [0.5, 0.6) is 0 Å². The summed E-state index contributed by atoms with van der Waals surface area (Å²) in [4.78, 5) is 15.0. The fourth-order valence-electron chi connectivity index (χ4n) is 1.02. The molecule has 0 saturated heterocycles. The summed E-state index contributed by atoms with van der Waals surface area (Å²) < 4.78 is 0.912. The lowest BCUT2D eigenvalue weighted by Crippen LogP contribution is -1.92. The zero-order chi connectivity index (χ0) is 7.84. The quantitative estimate of drug-likeness (QED) is 0.646. The fourth-order valence-corrected chi connectivity index (χ4v) is 1.38. The summed E-state index contributed by atoms with van der Waals surface area (Å²) in [6.45, 7) is 0. The van der Waals surface area contributed by atoms with Crippen molar-refractivity contribution in [3.8, 4) is 0 Å². The van der Waals surface area contributed by atoms with E-state index in [0.29, 0.717) is 5.56 Å². The summed E-state index contributed by atoms with van der Waals surface area (Å²) in [7, 11) is 0. The topological polar surface area (TPSA) is 29.4 Å². The smallest absolute Gasteiger partial charge is 0.206 e. The molecule has 0 N–H and O–H groups in total. The maximum absolute atomic E-state index is 11.0. The van der Waals surface area contributed by atoms with E-state index < -0.39 is 0 Å². The monoisotopic (exact) mass is 209 g/mol. The molecule has 0 unspecified atom stereocenters. The number of Topliss-reactive ketones (excluding diaryl/α,β-unsaturated/α-hetero) is 1. The molecule has 11 heavy (non-hydrogen) atoms. The predicted molar refractivity (Wildman–Crippen MR) is 46.6 cm³/mol. The van der Waals surface area contributed by atoms with Gasteiger partial charge in [0.15, 0.2) is 0 Å². The highest BCUT2D eigenvalue weighted by atomic mass is 79.9. The second kappa shape index (κ2) is 2.27. The second-order valence-electron chi connectivity index (χ2n) is 2.28. The van der Waals surface area contributed by atoms with E-state index in [1.165, 1.54) is 6.21 Å². The van der Waals surface area contributed by atoms with E-state index in [9.17, 15) is 4.79 Å². The lowest BCUT2D eigenvalue weighted by molar-refractivity contribution is 0.107. The van der Waals surface area contributed by atoms with Crippen molar-refractivity contribution in [3.63, 3.8) is 0 Å². The summed E-state index contributed by atoms with van der Waals surface area (Å²) in [5, 5.41) is 0. The second-order valence-corrected chi connectivity index (χ2v) is 3.20. The molecule has 1 aliphatic heterocycles. The van der Waals surface area contributed by atoms with Crippen LogP contribution < -0.4 is 0 Å². The number of halogens is 1. The summed E-state index contributed by atoms with van der Waals surface area (Å²) in [6, 6.07) is 5.47. The summed E-state index contributed by atoms with van der Waals surface area (Å²) in [5.74, 6) is -0.0127. The van der Waals surface area contributed by atoms with Crippen LogP contribution in [-0.4, -0.2) is 12.0 Å². The van der Waals surface area contributed by atoms with Crippen LogP contribution in [0.1, 0.15) is 10.4 Å². The van der Waals surface area contributed by atoms with Crippen LogP contribution in [0.15, 0.2) is 27.7 Å².